The van der Waals surface area contributed by atoms with Gasteiger partial charge in [-0.1, -0.05) is 157 Å². The van der Waals surface area contributed by atoms with Crippen LogP contribution in [0.4, 0.5) is 17.1 Å². The maximum Gasteiger partial charge on any atom is 0.0645 e. The first kappa shape index (κ1) is 12.9. The van der Waals surface area contributed by atoms with Gasteiger partial charge in [-0.15, -0.1) is 0 Å². The van der Waals surface area contributed by atoms with Crippen LogP contribution in [0.3, 0.4) is 0 Å². The minimum atomic E-state index is -0.895. The van der Waals surface area contributed by atoms with Gasteiger partial charge in [-0.25, -0.2) is 0 Å². The second-order valence-corrected chi connectivity index (χ2v) is 10.1. The van der Waals surface area contributed by atoms with E-state index in [9.17, 15) is 5.48 Å². The molecule has 0 amide bonds. The predicted molar refractivity (Wildman–Crippen MR) is 200 cm³/mol. The fourth-order valence-corrected chi connectivity index (χ4v) is 5.06. The fourth-order valence-electron chi connectivity index (χ4n) is 5.06. The molecule has 0 aliphatic rings. The molecule has 0 fully saturated rings. The van der Waals surface area contributed by atoms with Gasteiger partial charge in [-0.3, -0.25) is 0 Å². The van der Waals surface area contributed by atoms with E-state index in [-0.39, 0.29) is 11.3 Å². The summed E-state index contributed by atoms with van der Waals surface area (Å²) in [6.45, 7) is 0. The second kappa shape index (κ2) is 12.7. The van der Waals surface area contributed by atoms with Crippen molar-refractivity contribution >= 4 is 27.8 Å². The molecule has 0 saturated heterocycles. The van der Waals surface area contributed by atoms with Crippen LogP contribution in [0.15, 0.2) is 200 Å². The maximum absolute atomic E-state index is 9.33. The number of benzene rings is 8. The summed E-state index contributed by atoms with van der Waals surface area (Å²) in [4.78, 5) is 0.916. The smallest absolute Gasteiger partial charge is 0.0645 e. The van der Waals surface area contributed by atoms with Gasteiger partial charge in [-0.05, 0) is 97.6 Å². The first-order chi connectivity index (χ1) is 32.9. The average molecular weight is 623 g/mol. The lowest BCUT2D eigenvalue weighted by Crippen LogP contribution is -2.09. The maximum atomic E-state index is 9.33. The lowest BCUT2D eigenvalue weighted by Gasteiger charge is -2.26. The number of fused-ring (bicyclic) bond motifs is 1. The lowest BCUT2D eigenvalue weighted by molar-refractivity contribution is 1.28. The Morgan fingerprint density at radius 3 is 1.34 bits per heavy atom. The largest absolute Gasteiger partial charge is 0.311 e. The third-order valence-corrected chi connectivity index (χ3v) is 7.28. The zero-order valence-electron chi connectivity index (χ0n) is 47.2. The highest BCUT2D eigenvalue weighted by atomic mass is 15.1. The molecule has 0 atom stereocenters. The molecule has 0 aromatic heterocycles. The van der Waals surface area contributed by atoms with Gasteiger partial charge in [0.2, 0.25) is 0 Å². The molecule has 47 heavy (non-hydrogen) atoms. The summed E-state index contributed by atoms with van der Waals surface area (Å²) in [6, 6.07) is -1.33. The van der Waals surface area contributed by atoms with Crippen molar-refractivity contribution in [1.29, 1.82) is 0 Å². The van der Waals surface area contributed by atoms with Crippen molar-refractivity contribution in [3.05, 3.63) is 200 Å². The van der Waals surface area contributed by atoms with Crippen LogP contribution < -0.4 is 4.90 Å². The molecule has 0 radical (unpaired) electrons. The molecule has 222 valence electrons. The van der Waals surface area contributed by atoms with Crippen molar-refractivity contribution < 1.29 is 31.5 Å². The van der Waals surface area contributed by atoms with Crippen LogP contribution in [0.1, 0.15) is 31.5 Å². The molecule has 8 aromatic carbocycles. The van der Waals surface area contributed by atoms with Crippen LogP contribution in [0.5, 0.6) is 0 Å². The van der Waals surface area contributed by atoms with Crippen LogP contribution in [0.25, 0.3) is 55.3 Å². The molecule has 0 bridgehead atoms. The standard InChI is InChI=1S/C46H33N/c1-4-11-34(12-5-1)36-21-27-42(28-22-36)47(43-29-23-37(24-30-43)35-13-6-2-7-14-35)44-31-25-38(26-32-44)41-20-19-40-17-10-18-45(46(40)33-41)39-15-8-3-9-16-39/h1-33H/i1D,2D,3D,4D,5D,6D,7D,8D,9D,11D,12D,13D,14D,15D,16D,21D,22D,23D,24D,27D,28D,29D,30D. The summed E-state index contributed by atoms with van der Waals surface area (Å²) in [5, 5.41) is 1.19. The molecule has 0 saturated carbocycles. The van der Waals surface area contributed by atoms with Crippen LogP contribution in [0.2, 0.25) is 0 Å². The predicted octanol–water partition coefficient (Wildman–Crippen LogP) is 13.0. The Bertz CT molecular complexity index is 3310. The van der Waals surface area contributed by atoms with E-state index < -0.39 is 173 Å². The molecular formula is C46H33N. The van der Waals surface area contributed by atoms with Gasteiger partial charge in [0.25, 0.3) is 0 Å². The zero-order valence-corrected chi connectivity index (χ0v) is 24.2. The Morgan fingerprint density at radius 2 is 0.809 bits per heavy atom. The molecule has 0 heterocycles. The fraction of sp³-hybridized carbons (Fsp3) is 0. The molecule has 0 spiro atoms. The van der Waals surface area contributed by atoms with E-state index in [0.717, 1.165) is 4.90 Å². The van der Waals surface area contributed by atoms with Crippen molar-refractivity contribution in [2.75, 3.05) is 4.90 Å². The van der Waals surface area contributed by atoms with E-state index in [0.29, 0.717) is 27.5 Å². The third kappa shape index (κ3) is 5.83. The summed E-state index contributed by atoms with van der Waals surface area (Å²) in [5.41, 5.74) is -2.63. The summed E-state index contributed by atoms with van der Waals surface area (Å²) >= 11 is 0. The quantitative estimate of drug-likeness (QED) is 0.171. The molecule has 1 heteroatoms. The van der Waals surface area contributed by atoms with Crippen molar-refractivity contribution in [3.8, 4) is 44.5 Å². The molecule has 8 aromatic rings. The van der Waals surface area contributed by atoms with Gasteiger partial charge in [0, 0.05) is 17.1 Å². The number of rotatable bonds is 7. The van der Waals surface area contributed by atoms with Crippen LogP contribution in [-0.4, -0.2) is 0 Å². The Hall–Kier alpha value is -6.18. The van der Waals surface area contributed by atoms with E-state index in [1.807, 2.05) is 0 Å². The summed E-state index contributed by atoms with van der Waals surface area (Å²) in [7, 11) is 0. The summed E-state index contributed by atoms with van der Waals surface area (Å²) in [6.07, 6.45) is 0. The lowest BCUT2D eigenvalue weighted by atomic mass is 9.95. The zero-order chi connectivity index (χ0) is 51.4. The van der Waals surface area contributed by atoms with E-state index >= 15 is 0 Å². The Balaban J connectivity index is 1.39. The third-order valence-electron chi connectivity index (χ3n) is 7.28. The normalized spacial score (nSPS) is 17.8. The van der Waals surface area contributed by atoms with E-state index in [2.05, 4.69) is 0 Å². The van der Waals surface area contributed by atoms with E-state index in [1.165, 1.54) is 12.1 Å². The molecule has 0 unspecified atom stereocenters. The van der Waals surface area contributed by atoms with Crippen molar-refractivity contribution in [3.63, 3.8) is 0 Å². The van der Waals surface area contributed by atoms with Crippen LogP contribution >= 0.6 is 0 Å². The van der Waals surface area contributed by atoms with Gasteiger partial charge in [0.1, 0.15) is 0 Å². The first-order valence-electron chi connectivity index (χ1n) is 25.7. The molecule has 1 nitrogen and oxygen atoms in total. The Morgan fingerprint density at radius 1 is 0.340 bits per heavy atom. The number of hydrogen-bond acceptors (Lipinski definition) is 1. The van der Waals surface area contributed by atoms with Gasteiger partial charge in [-0.2, -0.15) is 0 Å². The Labute approximate surface area is 309 Å². The van der Waals surface area contributed by atoms with E-state index in [4.69, 9.17) is 26.0 Å². The topological polar surface area (TPSA) is 3.24 Å². The molecule has 8 rings (SSSR count). The molecule has 0 aliphatic heterocycles. The second-order valence-electron chi connectivity index (χ2n) is 10.1. The molecule has 0 N–H and O–H groups in total. The average Bonchev–Trinajstić information content (AvgIpc) is 3.35. The van der Waals surface area contributed by atoms with Crippen LogP contribution in [0, 0.1) is 0 Å². The SMILES string of the molecule is [2H]c1c([2H])c([2H])c(-c2c([2H])c([2H])c(N(c3ccc(-c4ccc5cccc(-c6c([2H])c([2H])c([2H])c([2H])c6[2H])c5c4)cc3)c3c([2H])c([2H])c(-c4c([2H])c([2H])c([2H])c([2H])c4[2H])c([2H])c3[2H])c([2H])c2[2H])c([2H])c1[2H]. The Kier molecular flexibility index (Phi) is 3.48. The van der Waals surface area contributed by atoms with Gasteiger partial charge >= 0.3 is 0 Å². The minimum Gasteiger partial charge on any atom is -0.311 e. The van der Waals surface area contributed by atoms with E-state index in [1.54, 1.807) is 48.5 Å². The van der Waals surface area contributed by atoms with Crippen LogP contribution in [-0.2, 0) is 0 Å². The van der Waals surface area contributed by atoms with Crippen molar-refractivity contribution in [1.82, 2.24) is 0 Å². The van der Waals surface area contributed by atoms with Gasteiger partial charge in [0.15, 0.2) is 0 Å². The highest BCUT2D eigenvalue weighted by Crippen LogP contribution is 2.38. The van der Waals surface area contributed by atoms with Crippen molar-refractivity contribution in [2.24, 2.45) is 0 Å². The molecular weight excluding hydrogens is 567 g/mol. The minimum absolute atomic E-state index is 0.0187. The monoisotopic (exact) mass is 622 g/mol. The number of hydrogen-bond donors (Lipinski definition) is 0. The number of nitrogens with zero attached hydrogens (tertiary/aromatic N) is 1. The van der Waals surface area contributed by atoms with Crippen molar-refractivity contribution in [2.45, 2.75) is 0 Å². The summed E-state index contributed by atoms with van der Waals surface area (Å²) < 4.78 is 199. The highest BCUT2D eigenvalue weighted by molar-refractivity contribution is 5.99. The van der Waals surface area contributed by atoms with Gasteiger partial charge < -0.3 is 4.90 Å². The first-order valence-corrected chi connectivity index (χ1v) is 14.2. The van der Waals surface area contributed by atoms with Gasteiger partial charge in [0.05, 0.1) is 31.5 Å². The highest BCUT2D eigenvalue weighted by Gasteiger charge is 2.14. The number of anilines is 3. The summed E-state index contributed by atoms with van der Waals surface area (Å²) in [5.74, 6) is 0. The molecule has 0 aliphatic carbocycles.